The molecular weight excluding hydrogens is 217 g/mol. The van der Waals surface area contributed by atoms with E-state index in [1.165, 1.54) is 18.2 Å². The van der Waals surface area contributed by atoms with Gasteiger partial charge in [0.1, 0.15) is 0 Å². The van der Waals surface area contributed by atoms with Crippen LogP contribution < -0.4 is 0 Å². The lowest BCUT2D eigenvalue weighted by molar-refractivity contribution is 0.156. The van der Waals surface area contributed by atoms with Crippen molar-refractivity contribution in [3.8, 4) is 0 Å². The summed E-state index contributed by atoms with van der Waals surface area (Å²) in [5.74, 6) is 0. The Balaban J connectivity index is 3.06. The van der Waals surface area contributed by atoms with Crippen LogP contribution in [0.25, 0.3) is 0 Å². The summed E-state index contributed by atoms with van der Waals surface area (Å²) >= 11 is 0. The highest BCUT2D eigenvalue weighted by atomic mass is 32.2. The summed E-state index contributed by atoms with van der Waals surface area (Å²) in [5.41, 5.74) is 0.920. The first-order valence-electron chi connectivity index (χ1n) is 4.34. The molecule has 0 aliphatic heterocycles. The van der Waals surface area contributed by atoms with E-state index < -0.39 is 10.0 Å². The molecule has 0 aliphatic carbocycles. The van der Waals surface area contributed by atoms with Crippen LogP contribution in [0.1, 0.15) is 5.56 Å². The minimum Gasteiger partial charge on any atom is -0.205 e. The number of halogens is 1. The number of rotatable bonds is 4. The van der Waals surface area contributed by atoms with Gasteiger partial charge < -0.3 is 0 Å². The highest BCUT2D eigenvalue weighted by molar-refractivity contribution is 7.89. The smallest absolute Gasteiger partial charge is 0.205 e. The van der Waals surface area contributed by atoms with E-state index in [9.17, 15) is 12.9 Å². The molecule has 82 valence electrons. The summed E-state index contributed by atoms with van der Waals surface area (Å²) in [6, 6.07) is 5.99. The molecule has 0 unspecified atom stereocenters. The van der Waals surface area contributed by atoms with E-state index in [-0.39, 0.29) is 16.0 Å². The molecule has 1 aromatic carbocycles. The third kappa shape index (κ3) is 2.64. The SMILES string of the molecule is C=CCN(F)S(=O)(=O)c1ccc(C)cc1. The summed E-state index contributed by atoms with van der Waals surface area (Å²) in [4.78, 5) is -0.0579. The van der Waals surface area contributed by atoms with E-state index >= 15 is 0 Å². The molecule has 0 aromatic heterocycles. The van der Waals surface area contributed by atoms with Crippen LogP contribution in [0.15, 0.2) is 41.8 Å². The molecule has 0 N–H and O–H groups in total. The molecule has 0 spiro atoms. The Bertz CT molecular complexity index is 439. The Kier molecular flexibility index (Phi) is 3.60. The van der Waals surface area contributed by atoms with Gasteiger partial charge in [-0.05, 0) is 23.6 Å². The fourth-order valence-corrected chi connectivity index (χ4v) is 2.03. The normalized spacial score (nSPS) is 11.7. The van der Waals surface area contributed by atoms with Crippen molar-refractivity contribution in [2.24, 2.45) is 0 Å². The van der Waals surface area contributed by atoms with Gasteiger partial charge in [0.2, 0.25) is 0 Å². The topological polar surface area (TPSA) is 37.4 Å². The number of aryl methyl sites for hydroxylation is 1. The van der Waals surface area contributed by atoms with Crippen LogP contribution in [0, 0.1) is 6.92 Å². The molecule has 0 atom stereocenters. The van der Waals surface area contributed by atoms with Gasteiger partial charge in [-0.15, -0.1) is 11.1 Å². The lowest BCUT2D eigenvalue weighted by Gasteiger charge is -2.10. The largest absolute Gasteiger partial charge is 0.269 e. The molecule has 3 nitrogen and oxygen atoms in total. The van der Waals surface area contributed by atoms with Crippen LogP contribution in [0.4, 0.5) is 4.48 Å². The molecule has 0 fully saturated rings. The predicted octanol–water partition coefficient (Wildman–Crippen LogP) is 2.06. The zero-order valence-electron chi connectivity index (χ0n) is 8.35. The fraction of sp³-hybridized carbons (Fsp3) is 0.200. The van der Waals surface area contributed by atoms with Crippen molar-refractivity contribution in [2.75, 3.05) is 6.54 Å². The lowest BCUT2D eigenvalue weighted by atomic mass is 10.2. The van der Waals surface area contributed by atoms with Crippen molar-refractivity contribution in [3.05, 3.63) is 42.5 Å². The Morgan fingerprint density at radius 2 is 1.93 bits per heavy atom. The van der Waals surface area contributed by atoms with Crippen molar-refractivity contribution in [1.29, 1.82) is 0 Å². The Labute approximate surface area is 88.8 Å². The average molecular weight is 229 g/mol. The second-order valence-corrected chi connectivity index (χ2v) is 4.89. The van der Waals surface area contributed by atoms with Gasteiger partial charge in [-0.2, -0.15) is 0 Å². The van der Waals surface area contributed by atoms with E-state index in [2.05, 4.69) is 6.58 Å². The minimum atomic E-state index is -4.02. The maximum absolute atomic E-state index is 13.1. The maximum Gasteiger partial charge on any atom is 0.269 e. The first-order chi connectivity index (χ1) is 6.98. The van der Waals surface area contributed by atoms with E-state index in [0.717, 1.165) is 5.56 Å². The zero-order valence-corrected chi connectivity index (χ0v) is 9.17. The van der Waals surface area contributed by atoms with E-state index in [0.29, 0.717) is 0 Å². The van der Waals surface area contributed by atoms with Crippen LogP contribution in [0.2, 0.25) is 0 Å². The molecule has 15 heavy (non-hydrogen) atoms. The maximum atomic E-state index is 13.1. The number of hydrogen-bond acceptors (Lipinski definition) is 2. The number of hydrogen-bond donors (Lipinski definition) is 0. The molecule has 0 saturated carbocycles. The molecule has 0 heterocycles. The number of benzene rings is 1. The standard InChI is InChI=1S/C10H12FNO2S/c1-3-8-12(11)15(13,14)10-6-4-9(2)5-7-10/h3-7H,1,8H2,2H3. The van der Waals surface area contributed by atoms with Gasteiger partial charge in [0.05, 0.1) is 11.4 Å². The molecule has 5 heteroatoms. The molecular formula is C10H12FNO2S. The van der Waals surface area contributed by atoms with Gasteiger partial charge in [-0.1, -0.05) is 23.8 Å². The van der Waals surface area contributed by atoms with Crippen LogP contribution in [0.5, 0.6) is 0 Å². The molecule has 0 radical (unpaired) electrons. The van der Waals surface area contributed by atoms with Crippen LogP contribution in [-0.4, -0.2) is 19.5 Å². The van der Waals surface area contributed by atoms with Gasteiger partial charge in [-0.3, -0.25) is 0 Å². The zero-order chi connectivity index (χ0) is 11.5. The molecule has 0 aliphatic rings. The minimum absolute atomic E-state index is 0.0579. The summed E-state index contributed by atoms with van der Waals surface area (Å²) in [5, 5.41) is 0. The first-order valence-corrected chi connectivity index (χ1v) is 5.78. The Morgan fingerprint density at radius 3 is 2.40 bits per heavy atom. The Morgan fingerprint density at radius 1 is 1.40 bits per heavy atom. The van der Waals surface area contributed by atoms with Crippen LogP contribution >= 0.6 is 0 Å². The van der Waals surface area contributed by atoms with Crippen molar-refractivity contribution in [1.82, 2.24) is 4.53 Å². The molecule has 0 bridgehead atoms. The monoisotopic (exact) mass is 229 g/mol. The second kappa shape index (κ2) is 4.55. The fourth-order valence-electron chi connectivity index (χ4n) is 1.02. The summed E-state index contributed by atoms with van der Waals surface area (Å²) in [6.07, 6.45) is 1.19. The molecule has 0 amide bonds. The van der Waals surface area contributed by atoms with Gasteiger partial charge in [0.15, 0.2) is 0 Å². The van der Waals surface area contributed by atoms with Gasteiger partial charge in [-0.25, -0.2) is 8.42 Å². The van der Waals surface area contributed by atoms with Crippen LogP contribution in [0.3, 0.4) is 0 Å². The first kappa shape index (κ1) is 11.9. The van der Waals surface area contributed by atoms with Crippen molar-refractivity contribution >= 4 is 10.0 Å². The van der Waals surface area contributed by atoms with E-state index in [1.807, 2.05) is 6.92 Å². The highest BCUT2D eigenvalue weighted by Crippen LogP contribution is 2.16. The van der Waals surface area contributed by atoms with Crippen molar-refractivity contribution in [2.45, 2.75) is 11.8 Å². The number of nitrogens with zero attached hydrogens (tertiary/aromatic N) is 1. The number of sulfonamides is 1. The van der Waals surface area contributed by atoms with Gasteiger partial charge in [0.25, 0.3) is 10.0 Å². The summed E-state index contributed by atoms with van der Waals surface area (Å²) in [7, 11) is -4.02. The molecule has 1 rings (SSSR count). The molecule has 1 aromatic rings. The summed E-state index contributed by atoms with van der Waals surface area (Å²) in [6.45, 7) is 4.75. The quantitative estimate of drug-likeness (QED) is 0.585. The third-order valence-electron chi connectivity index (χ3n) is 1.85. The van der Waals surface area contributed by atoms with E-state index in [1.54, 1.807) is 12.1 Å². The van der Waals surface area contributed by atoms with Crippen LogP contribution in [-0.2, 0) is 10.0 Å². The van der Waals surface area contributed by atoms with E-state index in [4.69, 9.17) is 0 Å². The van der Waals surface area contributed by atoms with Gasteiger partial charge >= 0.3 is 0 Å². The summed E-state index contributed by atoms with van der Waals surface area (Å²) < 4.78 is 36.0. The van der Waals surface area contributed by atoms with Crippen molar-refractivity contribution in [3.63, 3.8) is 0 Å². The third-order valence-corrected chi connectivity index (χ3v) is 3.39. The Hall–Kier alpha value is -1.20. The molecule has 0 saturated heterocycles. The highest BCUT2D eigenvalue weighted by Gasteiger charge is 2.22. The average Bonchev–Trinajstić information content (AvgIpc) is 2.18. The lowest BCUT2D eigenvalue weighted by Crippen LogP contribution is -2.23. The van der Waals surface area contributed by atoms with Crippen molar-refractivity contribution < 1.29 is 12.9 Å². The van der Waals surface area contributed by atoms with Gasteiger partial charge in [0, 0.05) is 0 Å². The second-order valence-electron chi connectivity index (χ2n) is 3.08. The predicted molar refractivity (Wildman–Crippen MR) is 56.4 cm³/mol.